The molecule has 2 N–H and O–H groups in total. The molecule has 0 atom stereocenters. The zero-order chi connectivity index (χ0) is 17.1. The Morgan fingerprint density at radius 2 is 1.96 bits per heavy atom. The molecule has 124 valence electrons. The topological polar surface area (TPSA) is 63.5 Å². The van der Waals surface area contributed by atoms with Crippen molar-refractivity contribution in [2.24, 2.45) is 7.05 Å². The highest BCUT2D eigenvalue weighted by molar-refractivity contribution is 5.98. The lowest BCUT2D eigenvalue weighted by molar-refractivity contribution is 0.0685. The van der Waals surface area contributed by atoms with Gasteiger partial charge in [-0.2, -0.15) is 0 Å². The molecule has 0 aliphatic carbocycles. The van der Waals surface area contributed by atoms with Crippen molar-refractivity contribution in [3.05, 3.63) is 65.4 Å². The van der Waals surface area contributed by atoms with Crippen LogP contribution in [-0.2, 0) is 20.1 Å². The molecule has 2 aromatic carbocycles. The average molecular weight is 324 g/mol. The lowest BCUT2D eigenvalue weighted by atomic mass is 10.1. The smallest absolute Gasteiger partial charge is 0.352 e. The predicted molar refractivity (Wildman–Crippen MR) is 93.4 cm³/mol. The Morgan fingerprint density at radius 3 is 2.71 bits per heavy atom. The summed E-state index contributed by atoms with van der Waals surface area (Å²) >= 11 is 0. The van der Waals surface area contributed by atoms with Crippen LogP contribution in [-0.4, -0.2) is 22.8 Å². The Hall–Kier alpha value is -2.79. The number of aryl methyl sites for hydroxylation is 1. The second-order valence-corrected chi connectivity index (χ2v) is 5.66. The Balaban J connectivity index is 1.84. The molecule has 0 spiro atoms. The largest absolute Gasteiger partial charge is 0.497 e. The second-order valence-electron chi connectivity index (χ2n) is 5.66. The quantitative estimate of drug-likeness (QED) is 0.731. The fourth-order valence-corrected chi connectivity index (χ4v) is 3.04. The number of fused-ring (bicyclic) bond motifs is 1. The van der Waals surface area contributed by atoms with Crippen molar-refractivity contribution < 1.29 is 14.6 Å². The van der Waals surface area contributed by atoms with Crippen molar-refractivity contribution in [3.63, 3.8) is 0 Å². The summed E-state index contributed by atoms with van der Waals surface area (Å²) in [6, 6.07) is 15.6. The summed E-state index contributed by atoms with van der Waals surface area (Å²) in [6.07, 6.45) is 0. The van der Waals surface area contributed by atoms with E-state index in [-0.39, 0.29) is 0 Å². The van der Waals surface area contributed by atoms with E-state index in [2.05, 4.69) is 5.32 Å². The third kappa shape index (κ3) is 2.98. The number of benzene rings is 2. The van der Waals surface area contributed by atoms with E-state index in [1.54, 1.807) is 18.7 Å². The van der Waals surface area contributed by atoms with Gasteiger partial charge < -0.3 is 19.7 Å². The van der Waals surface area contributed by atoms with Gasteiger partial charge in [-0.1, -0.05) is 30.3 Å². The van der Waals surface area contributed by atoms with E-state index in [1.165, 1.54) is 0 Å². The van der Waals surface area contributed by atoms with Crippen LogP contribution < -0.4 is 10.1 Å². The highest BCUT2D eigenvalue weighted by Gasteiger charge is 2.19. The Bertz CT molecular complexity index is 883. The van der Waals surface area contributed by atoms with Crippen molar-refractivity contribution in [3.8, 4) is 5.75 Å². The number of carboxylic acid groups (broad SMARTS) is 1. The van der Waals surface area contributed by atoms with Crippen LogP contribution in [0.15, 0.2) is 48.5 Å². The summed E-state index contributed by atoms with van der Waals surface area (Å²) in [7, 11) is 3.43. The van der Waals surface area contributed by atoms with E-state index in [4.69, 9.17) is 4.74 Å². The molecule has 0 aliphatic rings. The number of carbonyl (C=O) groups is 1. The molecule has 0 saturated carbocycles. The maximum atomic E-state index is 11.7. The van der Waals surface area contributed by atoms with Crippen molar-refractivity contribution in [2.45, 2.75) is 13.1 Å². The Labute approximate surface area is 140 Å². The van der Waals surface area contributed by atoms with E-state index < -0.39 is 5.97 Å². The minimum atomic E-state index is -0.910. The van der Waals surface area contributed by atoms with E-state index in [1.807, 2.05) is 48.5 Å². The number of rotatable bonds is 6. The van der Waals surface area contributed by atoms with Gasteiger partial charge in [-0.05, 0) is 23.8 Å². The summed E-state index contributed by atoms with van der Waals surface area (Å²) in [6.45, 7) is 1.12. The molecule has 1 aromatic heterocycles. The van der Waals surface area contributed by atoms with E-state index in [0.717, 1.165) is 27.8 Å². The molecule has 0 bridgehead atoms. The SMILES string of the molecule is COc1cccc(CNCc2c(C(=O)O)n(C)c3ccccc23)c1. The average Bonchev–Trinajstić information content (AvgIpc) is 2.88. The van der Waals surface area contributed by atoms with Crippen LogP contribution in [0.5, 0.6) is 5.75 Å². The fraction of sp³-hybridized carbons (Fsp3) is 0.211. The van der Waals surface area contributed by atoms with Crippen LogP contribution >= 0.6 is 0 Å². The molecule has 0 amide bonds. The molecule has 0 fully saturated rings. The summed E-state index contributed by atoms with van der Waals surface area (Å²) in [5, 5.41) is 13.9. The maximum absolute atomic E-state index is 11.7. The molecular formula is C19H20N2O3. The first-order valence-corrected chi connectivity index (χ1v) is 7.75. The van der Waals surface area contributed by atoms with Crippen molar-refractivity contribution >= 4 is 16.9 Å². The number of nitrogens with one attached hydrogen (secondary N) is 1. The first-order chi connectivity index (χ1) is 11.6. The summed E-state index contributed by atoms with van der Waals surface area (Å²) < 4.78 is 6.96. The predicted octanol–water partition coefficient (Wildman–Crippen LogP) is 3.17. The molecule has 0 unspecified atom stereocenters. The molecule has 0 saturated heterocycles. The third-order valence-electron chi connectivity index (χ3n) is 4.18. The van der Waals surface area contributed by atoms with E-state index in [9.17, 15) is 9.90 Å². The molecule has 5 heteroatoms. The first kappa shape index (κ1) is 16.1. The number of ether oxygens (including phenoxy) is 1. The molecule has 0 radical (unpaired) electrons. The number of carboxylic acids is 1. The number of aromatic carboxylic acids is 1. The maximum Gasteiger partial charge on any atom is 0.352 e. The van der Waals surface area contributed by atoms with Gasteiger partial charge in [0.05, 0.1) is 7.11 Å². The molecule has 24 heavy (non-hydrogen) atoms. The lowest BCUT2D eigenvalue weighted by Crippen LogP contribution is -2.16. The molecular weight excluding hydrogens is 304 g/mol. The number of methoxy groups -OCH3 is 1. The first-order valence-electron chi connectivity index (χ1n) is 7.75. The van der Waals surface area contributed by atoms with Crippen LogP contribution in [0.4, 0.5) is 0 Å². The minimum absolute atomic E-state index is 0.328. The standard InChI is InChI=1S/C19H20N2O3/c1-21-17-9-4-3-8-15(17)16(18(21)19(22)23)12-20-11-13-6-5-7-14(10-13)24-2/h3-10,20H,11-12H2,1-2H3,(H,22,23). The number of aromatic nitrogens is 1. The molecule has 3 rings (SSSR count). The highest BCUT2D eigenvalue weighted by Crippen LogP contribution is 2.25. The summed E-state index contributed by atoms with van der Waals surface area (Å²) in [5.41, 5.74) is 3.15. The van der Waals surface area contributed by atoms with E-state index >= 15 is 0 Å². The van der Waals surface area contributed by atoms with Crippen molar-refractivity contribution in [1.82, 2.24) is 9.88 Å². The van der Waals surface area contributed by atoms with E-state index in [0.29, 0.717) is 18.8 Å². The van der Waals surface area contributed by atoms with Crippen LogP contribution in [0.2, 0.25) is 0 Å². The van der Waals surface area contributed by atoms with Gasteiger partial charge in [0.25, 0.3) is 0 Å². The minimum Gasteiger partial charge on any atom is -0.497 e. The zero-order valence-corrected chi connectivity index (χ0v) is 13.7. The van der Waals surface area contributed by atoms with Gasteiger partial charge in [0.15, 0.2) is 0 Å². The van der Waals surface area contributed by atoms with Crippen molar-refractivity contribution in [2.75, 3.05) is 7.11 Å². The van der Waals surface area contributed by atoms with Gasteiger partial charge in [0.2, 0.25) is 0 Å². The van der Waals surface area contributed by atoms with Gasteiger partial charge in [-0.15, -0.1) is 0 Å². The number of nitrogens with zero attached hydrogens (tertiary/aromatic N) is 1. The van der Waals surface area contributed by atoms with Crippen LogP contribution in [0, 0.1) is 0 Å². The van der Waals surface area contributed by atoms with Gasteiger partial charge in [-0.25, -0.2) is 4.79 Å². The van der Waals surface area contributed by atoms with Crippen LogP contribution in [0.25, 0.3) is 10.9 Å². The fourth-order valence-electron chi connectivity index (χ4n) is 3.04. The number of hydrogen-bond acceptors (Lipinski definition) is 3. The molecule has 5 nitrogen and oxygen atoms in total. The third-order valence-corrected chi connectivity index (χ3v) is 4.18. The monoisotopic (exact) mass is 324 g/mol. The summed E-state index contributed by atoms with van der Waals surface area (Å²) in [5.74, 6) is -0.0995. The van der Waals surface area contributed by atoms with Gasteiger partial charge in [-0.3, -0.25) is 0 Å². The Morgan fingerprint density at radius 1 is 1.17 bits per heavy atom. The number of hydrogen-bond donors (Lipinski definition) is 2. The van der Waals surface area contributed by atoms with Crippen LogP contribution in [0.3, 0.4) is 0 Å². The second kappa shape index (κ2) is 6.76. The highest BCUT2D eigenvalue weighted by atomic mass is 16.5. The Kier molecular flexibility index (Phi) is 4.53. The van der Waals surface area contributed by atoms with Gasteiger partial charge >= 0.3 is 5.97 Å². The molecule has 1 heterocycles. The normalized spacial score (nSPS) is 10.9. The molecule has 0 aliphatic heterocycles. The van der Waals surface area contributed by atoms with Crippen LogP contribution in [0.1, 0.15) is 21.6 Å². The summed E-state index contributed by atoms with van der Waals surface area (Å²) in [4.78, 5) is 11.7. The zero-order valence-electron chi connectivity index (χ0n) is 13.7. The van der Waals surface area contributed by atoms with Gasteiger partial charge in [0, 0.05) is 36.6 Å². The molecule has 3 aromatic rings. The number of para-hydroxylation sites is 1. The lowest BCUT2D eigenvalue weighted by Gasteiger charge is -2.08. The van der Waals surface area contributed by atoms with Crippen molar-refractivity contribution in [1.29, 1.82) is 0 Å². The van der Waals surface area contributed by atoms with Gasteiger partial charge in [0.1, 0.15) is 11.4 Å².